The van der Waals surface area contributed by atoms with Gasteiger partial charge in [-0.05, 0) is 42.5 Å². The number of benzene rings is 2. The molecule has 3 aromatic rings. The van der Waals surface area contributed by atoms with Crippen LogP contribution in [0.5, 0.6) is 5.75 Å². The molecule has 0 unspecified atom stereocenters. The van der Waals surface area contributed by atoms with Crippen molar-refractivity contribution in [3.63, 3.8) is 0 Å². The number of ether oxygens (including phenoxy) is 1. The molecule has 0 atom stereocenters. The smallest absolute Gasteiger partial charge is 0.272 e. The Labute approximate surface area is 179 Å². The monoisotopic (exact) mass is 425 g/mol. The van der Waals surface area contributed by atoms with Gasteiger partial charge in [0.1, 0.15) is 11.4 Å². The van der Waals surface area contributed by atoms with Crippen LogP contribution in [0.25, 0.3) is 10.9 Å². The Morgan fingerprint density at radius 1 is 1.10 bits per heavy atom. The molecule has 1 aliphatic heterocycles. The van der Waals surface area contributed by atoms with Crippen molar-refractivity contribution >= 4 is 40.0 Å². The van der Waals surface area contributed by atoms with Gasteiger partial charge in [-0.3, -0.25) is 9.59 Å². The van der Waals surface area contributed by atoms with E-state index in [2.05, 4.69) is 29.5 Å². The van der Waals surface area contributed by atoms with Crippen LogP contribution in [-0.4, -0.2) is 22.5 Å². The molecular formula is C23H24ClN3O3. The first-order valence-electron chi connectivity index (χ1n) is 10.2. The first kappa shape index (κ1) is 20.3. The van der Waals surface area contributed by atoms with Crippen molar-refractivity contribution in [2.24, 2.45) is 0 Å². The van der Waals surface area contributed by atoms with Crippen LogP contribution in [0.3, 0.4) is 0 Å². The van der Waals surface area contributed by atoms with Crippen LogP contribution in [0.4, 0.5) is 5.69 Å². The molecule has 1 aliphatic rings. The van der Waals surface area contributed by atoms with Gasteiger partial charge in [0.2, 0.25) is 0 Å². The molecule has 0 saturated carbocycles. The van der Waals surface area contributed by atoms with Crippen LogP contribution in [0.15, 0.2) is 42.5 Å². The number of H-pyrrole nitrogens is 1. The van der Waals surface area contributed by atoms with Crippen LogP contribution in [0, 0.1) is 0 Å². The second-order valence-electron chi connectivity index (χ2n) is 7.63. The summed E-state index contributed by atoms with van der Waals surface area (Å²) in [5, 5.41) is 7.33. The van der Waals surface area contributed by atoms with Crippen molar-refractivity contribution < 1.29 is 14.3 Å². The first-order chi connectivity index (χ1) is 14.4. The summed E-state index contributed by atoms with van der Waals surface area (Å²) in [6.07, 6.45) is 3.29. The molecule has 2 heterocycles. The molecule has 2 amide bonds. The average Bonchev–Trinajstić information content (AvgIpc) is 3.12. The van der Waals surface area contributed by atoms with Crippen molar-refractivity contribution in [1.82, 2.24) is 10.3 Å². The molecule has 0 spiro atoms. The predicted octanol–water partition coefficient (Wildman–Crippen LogP) is 5.49. The lowest BCUT2D eigenvalue weighted by molar-refractivity contribution is 0.00462. The molecule has 7 heteroatoms. The Morgan fingerprint density at radius 3 is 2.60 bits per heavy atom. The zero-order valence-corrected chi connectivity index (χ0v) is 17.7. The van der Waals surface area contributed by atoms with Crippen molar-refractivity contribution in [1.29, 1.82) is 0 Å². The van der Waals surface area contributed by atoms with Crippen LogP contribution in [-0.2, 0) is 0 Å². The number of carbonyl (C=O) groups excluding carboxylic acids is 2. The van der Waals surface area contributed by atoms with Crippen molar-refractivity contribution in [2.45, 2.75) is 45.3 Å². The SMILES string of the molecule is CCCC1(CCC)NC(=O)c2cc(NC(=O)c3cc4cc(Cl)ccc4[nH]3)ccc2O1. The Balaban J connectivity index is 1.56. The summed E-state index contributed by atoms with van der Waals surface area (Å²) in [7, 11) is 0. The van der Waals surface area contributed by atoms with E-state index in [1.165, 1.54) is 0 Å². The normalized spacial score (nSPS) is 14.7. The van der Waals surface area contributed by atoms with Gasteiger partial charge < -0.3 is 20.4 Å². The fourth-order valence-corrected chi connectivity index (χ4v) is 4.15. The second kappa shape index (κ2) is 8.03. The number of halogens is 1. The van der Waals surface area contributed by atoms with Gasteiger partial charge in [-0.15, -0.1) is 0 Å². The zero-order chi connectivity index (χ0) is 21.3. The van der Waals surface area contributed by atoms with E-state index in [4.69, 9.17) is 16.3 Å². The standard InChI is InChI=1S/C23H24ClN3O3/c1-3-9-23(10-4-2)27-21(28)17-13-16(6-8-20(17)30-23)25-22(29)19-12-14-11-15(24)5-7-18(14)26-19/h5-8,11-13,26H,3-4,9-10H2,1-2H3,(H,25,29)(H,27,28). The number of rotatable bonds is 6. The third kappa shape index (κ3) is 3.87. The average molecular weight is 426 g/mol. The van der Waals surface area contributed by atoms with Crippen LogP contribution < -0.4 is 15.4 Å². The van der Waals surface area contributed by atoms with E-state index in [1.807, 2.05) is 6.07 Å². The van der Waals surface area contributed by atoms with Gasteiger partial charge in [-0.2, -0.15) is 0 Å². The number of amides is 2. The maximum Gasteiger partial charge on any atom is 0.272 e. The van der Waals surface area contributed by atoms with Crippen molar-refractivity contribution in [3.8, 4) is 5.75 Å². The van der Waals surface area contributed by atoms with Gasteiger partial charge in [0, 0.05) is 34.5 Å². The zero-order valence-electron chi connectivity index (χ0n) is 17.0. The maximum atomic E-state index is 12.8. The minimum Gasteiger partial charge on any atom is -0.467 e. The van der Waals surface area contributed by atoms with Crippen LogP contribution >= 0.6 is 11.6 Å². The first-order valence-corrected chi connectivity index (χ1v) is 10.6. The molecule has 0 fully saturated rings. The lowest BCUT2D eigenvalue weighted by Crippen LogP contribution is -2.55. The topological polar surface area (TPSA) is 83.2 Å². The number of fused-ring (bicyclic) bond motifs is 2. The Bertz CT molecular complexity index is 1120. The summed E-state index contributed by atoms with van der Waals surface area (Å²) < 4.78 is 6.20. The lowest BCUT2D eigenvalue weighted by Gasteiger charge is -2.39. The van der Waals surface area contributed by atoms with E-state index in [9.17, 15) is 9.59 Å². The number of hydrogen-bond donors (Lipinski definition) is 3. The molecular weight excluding hydrogens is 402 g/mol. The highest BCUT2D eigenvalue weighted by atomic mass is 35.5. The van der Waals surface area contributed by atoms with Crippen molar-refractivity contribution in [2.75, 3.05) is 5.32 Å². The molecule has 3 N–H and O–H groups in total. The highest BCUT2D eigenvalue weighted by molar-refractivity contribution is 6.31. The van der Waals surface area contributed by atoms with Gasteiger partial charge in [-0.25, -0.2) is 0 Å². The van der Waals surface area contributed by atoms with Gasteiger partial charge in [-0.1, -0.05) is 38.3 Å². The van der Waals surface area contributed by atoms with E-state index < -0.39 is 5.72 Å². The lowest BCUT2D eigenvalue weighted by atomic mass is 9.98. The van der Waals surface area contributed by atoms with Gasteiger partial charge in [0.15, 0.2) is 5.72 Å². The number of nitrogens with one attached hydrogen (secondary N) is 3. The highest BCUT2D eigenvalue weighted by Crippen LogP contribution is 2.34. The summed E-state index contributed by atoms with van der Waals surface area (Å²) in [5.41, 5.74) is 1.51. The van der Waals surface area contributed by atoms with E-state index >= 15 is 0 Å². The molecule has 1 aromatic heterocycles. The number of anilines is 1. The number of aromatic nitrogens is 1. The van der Waals surface area contributed by atoms with Crippen LogP contribution in [0.1, 0.15) is 60.4 Å². The number of aromatic amines is 1. The number of hydrogen-bond acceptors (Lipinski definition) is 3. The minimum atomic E-state index is -0.663. The molecule has 4 rings (SSSR count). The van der Waals surface area contributed by atoms with E-state index in [0.717, 1.165) is 36.6 Å². The molecule has 2 aromatic carbocycles. The van der Waals surface area contributed by atoms with Gasteiger partial charge in [0.25, 0.3) is 11.8 Å². The summed E-state index contributed by atoms with van der Waals surface area (Å²) in [6, 6.07) is 12.3. The molecule has 30 heavy (non-hydrogen) atoms. The predicted molar refractivity (Wildman–Crippen MR) is 118 cm³/mol. The minimum absolute atomic E-state index is 0.186. The summed E-state index contributed by atoms with van der Waals surface area (Å²) in [6.45, 7) is 4.14. The van der Waals surface area contributed by atoms with Gasteiger partial charge in [0.05, 0.1) is 5.56 Å². The van der Waals surface area contributed by atoms with Gasteiger partial charge >= 0.3 is 0 Å². The highest BCUT2D eigenvalue weighted by Gasteiger charge is 2.38. The summed E-state index contributed by atoms with van der Waals surface area (Å²) >= 11 is 6.01. The summed E-state index contributed by atoms with van der Waals surface area (Å²) in [5.74, 6) is 0.0547. The van der Waals surface area contributed by atoms with E-state index in [1.54, 1.807) is 36.4 Å². The Hall–Kier alpha value is -2.99. The van der Waals surface area contributed by atoms with Crippen LogP contribution in [0.2, 0.25) is 5.02 Å². The number of carbonyl (C=O) groups is 2. The molecule has 0 aliphatic carbocycles. The molecule has 156 valence electrons. The Kier molecular flexibility index (Phi) is 5.43. The Morgan fingerprint density at radius 2 is 1.87 bits per heavy atom. The maximum absolute atomic E-state index is 12.8. The summed E-state index contributed by atoms with van der Waals surface area (Å²) in [4.78, 5) is 28.5. The third-order valence-corrected chi connectivity index (χ3v) is 5.50. The molecule has 0 bridgehead atoms. The molecule has 0 saturated heterocycles. The largest absolute Gasteiger partial charge is 0.467 e. The molecule has 6 nitrogen and oxygen atoms in total. The molecule has 0 radical (unpaired) electrons. The fraction of sp³-hybridized carbons (Fsp3) is 0.304. The fourth-order valence-electron chi connectivity index (χ4n) is 3.97. The van der Waals surface area contributed by atoms with E-state index in [0.29, 0.717) is 27.7 Å². The van der Waals surface area contributed by atoms with Crippen molar-refractivity contribution in [3.05, 3.63) is 58.7 Å². The quantitative estimate of drug-likeness (QED) is 0.488. The van der Waals surface area contributed by atoms with E-state index in [-0.39, 0.29) is 11.8 Å². The second-order valence-corrected chi connectivity index (χ2v) is 8.07. The third-order valence-electron chi connectivity index (χ3n) is 5.26.